The molecule has 1 aromatic carbocycles. The third-order valence-corrected chi connectivity index (χ3v) is 5.03. The van der Waals surface area contributed by atoms with E-state index in [9.17, 15) is 4.79 Å². The Morgan fingerprint density at radius 3 is 2.85 bits per heavy atom. The van der Waals surface area contributed by atoms with E-state index in [1.54, 1.807) is 14.0 Å². The Morgan fingerprint density at radius 2 is 2.12 bits per heavy atom. The zero-order chi connectivity index (χ0) is 18.7. The number of hydrogen-bond acceptors (Lipinski definition) is 6. The van der Waals surface area contributed by atoms with Gasteiger partial charge >= 0.3 is 0 Å². The van der Waals surface area contributed by atoms with Crippen molar-refractivity contribution in [3.63, 3.8) is 0 Å². The lowest BCUT2D eigenvalue weighted by Gasteiger charge is -2.21. The number of aryl methyl sites for hydroxylation is 1. The predicted molar refractivity (Wildman–Crippen MR) is 100 cm³/mol. The lowest BCUT2D eigenvalue weighted by atomic mass is 10.1. The molecule has 0 aliphatic carbocycles. The molecule has 0 saturated heterocycles. The van der Waals surface area contributed by atoms with Crippen molar-refractivity contribution in [3.8, 4) is 16.5 Å². The van der Waals surface area contributed by atoms with Gasteiger partial charge in [0.1, 0.15) is 5.75 Å². The van der Waals surface area contributed by atoms with Crippen LogP contribution < -0.4 is 4.74 Å². The number of rotatable bonds is 6. The van der Waals surface area contributed by atoms with Gasteiger partial charge in [0.2, 0.25) is 11.7 Å². The van der Waals surface area contributed by atoms with E-state index in [1.807, 2.05) is 49.6 Å². The van der Waals surface area contributed by atoms with Crippen LogP contribution in [0.4, 0.5) is 0 Å². The summed E-state index contributed by atoms with van der Waals surface area (Å²) in [5, 5.41) is 5.91. The van der Waals surface area contributed by atoms with Crippen LogP contribution in [-0.2, 0) is 11.3 Å². The Hall–Kier alpha value is -2.67. The van der Waals surface area contributed by atoms with E-state index in [4.69, 9.17) is 9.26 Å². The molecule has 7 heteroatoms. The first-order chi connectivity index (χ1) is 12.5. The predicted octanol–water partition coefficient (Wildman–Crippen LogP) is 3.84. The van der Waals surface area contributed by atoms with Crippen LogP contribution in [-0.4, -0.2) is 34.1 Å². The number of ether oxygens (including phenoxy) is 1. The van der Waals surface area contributed by atoms with Crippen LogP contribution in [0.5, 0.6) is 5.75 Å². The molecule has 1 atom stereocenters. The Morgan fingerprint density at radius 1 is 1.31 bits per heavy atom. The van der Waals surface area contributed by atoms with Gasteiger partial charge in [-0.25, -0.2) is 0 Å². The summed E-state index contributed by atoms with van der Waals surface area (Å²) < 4.78 is 11.1. The van der Waals surface area contributed by atoms with Gasteiger partial charge < -0.3 is 14.2 Å². The number of hydrogen-bond donors (Lipinski definition) is 0. The second-order valence-electron chi connectivity index (χ2n) is 6.14. The summed E-state index contributed by atoms with van der Waals surface area (Å²) in [4.78, 5) is 19.4. The van der Waals surface area contributed by atoms with Crippen LogP contribution in [0, 0.1) is 13.8 Å². The molecule has 0 aliphatic heterocycles. The van der Waals surface area contributed by atoms with Gasteiger partial charge in [0, 0.05) is 7.05 Å². The molecule has 0 N–H and O–H groups in total. The SMILES string of the molecule is Cc1cccc(OC(C)C(=O)N(C)Cc2nc(-c3cccs3)no2)c1C. The summed E-state index contributed by atoms with van der Waals surface area (Å²) in [6, 6.07) is 9.66. The normalized spacial score (nSPS) is 12.0. The van der Waals surface area contributed by atoms with Crippen LogP contribution in [0.2, 0.25) is 0 Å². The number of benzene rings is 1. The lowest BCUT2D eigenvalue weighted by molar-refractivity contribution is -0.137. The van der Waals surface area contributed by atoms with E-state index in [1.165, 1.54) is 16.2 Å². The molecule has 0 radical (unpaired) electrons. The largest absolute Gasteiger partial charge is 0.481 e. The number of nitrogens with zero attached hydrogens (tertiary/aromatic N) is 3. The Balaban J connectivity index is 1.63. The molecule has 2 aromatic heterocycles. The Kier molecular flexibility index (Phi) is 5.37. The minimum absolute atomic E-state index is 0.151. The van der Waals surface area contributed by atoms with E-state index < -0.39 is 6.10 Å². The van der Waals surface area contributed by atoms with E-state index in [-0.39, 0.29) is 12.5 Å². The molecule has 3 aromatic rings. The molecule has 0 saturated carbocycles. The van der Waals surface area contributed by atoms with Crippen LogP contribution in [0.3, 0.4) is 0 Å². The number of thiophene rings is 1. The summed E-state index contributed by atoms with van der Waals surface area (Å²) in [5.74, 6) is 1.50. The summed E-state index contributed by atoms with van der Waals surface area (Å²) >= 11 is 1.54. The first-order valence-corrected chi connectivity index (χ1v) is 9.18. The Bertz CT molecular complexity index is 889. The van der Waals surface area contributed by atoms with Gasteiger partial charge in [-0.3, -0.25) is 4.79 Å². The maximum absolute atomic E-state index is 12.6. The average molecular weight is 371 g/mol. The number of likely N-dealkylation sites (N-methyl/N-ethyl adjacent to an activating group) is 1. The molecule has 0 spiro atoms. The Labute approximate surface area is 156 Å². The zero-order valence-electron chi connectivity index (χ0n) is 15.2. The molecule has 1 unspecified atom stereocenters. The number of amides is 1. The van der Waals surface area contributed by atoms with Crippen molar-refractivity contribution < 1.29 is 14.1 Å². The average Bonchev–Trinajstić information content (AvgIpc) is 3.29. The van der Waals surface area contributed by atoms with Gasteiger partial charge in [0.25, 0.3) is 5.91 Å². The van der Waals surface area contributed by atoms with E-state index in [0.717, 1.165) is 21.8 Å². The first kappa shape index (κ1) is 18.1. The molecule has 3 rings (SSSR count). The van der Waals surface area contributed by atoms with Crippen LogP contribution >= 0.6 is 11.3 Å². The quantitative estimate of drug-likeness (QED) is 0.658. The molecule has 0 aliphatic rings. The lowest BCUT2D eigenvalue weighted by Crippen LogP contribution is -2.37. The van der Waals surface area contributed by atoms with Crippen molar-refractivity contribution >= 4 is 17.2 Å². The topological polar surface area (TPSA) is 68.5 Å². The fourth-order valence-corrected chi connectivity index (χ4v) is 3.16. The molecule has 1 amide bonds. The van der Waals surface area contributed by atoms with Crippen molar-refractivity contribution in [1.29, 1.82) is 0 Å². The third kappa shape index (κ3) is 3.94. The van der Waals surface area contributed by atoms with Gasteiger partial charge in [0.15, 0.2) is 6.10 Å². The van der Waals surface area contributed by atoms with Gasteiger partial charge in [-0.05, 0) is 49.4 Å². The number of carbonyl (C=O) groups is 1. The molecule has 0 bridgehead atoms. The highest BCUT2D eigenvalue weighted by Crippen LogP contribution is 2.23. The van der Waals surface area contributed by atoms with Crippen LogP contribution in [0.1, 0.15) is 23.9 Å². The van der Waals surface area contributed by atoms with Crippen molar-refractivity contribution in [3.05, 3.63) is 52.7 Å². The standard InChI is InChI=1S/C19H21N3O3S/c1-12-7-5-8-15(13(12)2)24-14(3)19(23)22(4)11-17-20-18(21-25-17)16-9-6-10-26-16/h5-10,14H,11H2,1-4H3. The summed E-state index contributed by atoms with van der Waals surface area (Å²) in [5.41, 5.74) is 2.16. The molecule has 6 nitrogen and oxygen atoms in total. The van der Waals surface area contributed by atoms with E-state index in [2.05, 4.69) is 10.1 Å². The molecule has 136 valence electrons. The second kappa shape index (κ2) is 7.70. The molecule has 2 heterocycles. The second-order valence-corrected chi connectivity index (χ2v) is 7.09. The highest BCUT2D eigenvalue weighted by Gasteiger charge is 2.22. The van der Waals surface area contributed by atoms with Crippen molar-refractivity contribution in [1.82, 2.24) is 15.0 Å². The van der Waals surface area contributed by atoms with Crippen molar-refractivity contribution in [2.45, 2.75) is 33.4 Å². The van der Waals surface area contributed by atoms with Crippen molar-refractivity contribution in [2.24, 2.45) is 0 Å². The fraction of sp³-hybridized carbons (Fsp3) is 0.316. The molecular formula is C19H21N3O3S. The first-order valence-electron chi connectivity index (χ1n) is 8.30. The maximum Gasteiger partial charge on any atom is 0.263 e. The van der Waals surface area contributed by atoms with Gasteiger partial charge in [-0.1, -0.05) is 23.4 Å². The summed E-state index contributed by atoms with van der Waals surface area (Å²) in [6.45, 7) is 5.97. The molecule has 26 heavy (non-hydrogen) atoms. The highest BCUT2D eigenvalue weighted by atomic mass is 32.1. The van der Waals surface area contributed by atoms with Crippen molar-refractivity contribution in [2.75, 3.05) is 7.05 Å². The van der Waals surface area contributed by atoms with E-state index in [0.29, 0.717) is 11.7 Å². The number of aromatic nitrogens is 2. The minimum Gasteiger partial charge on any atom is -0.481 e. The summed E-state index contributed by atoms with van der Waals surface area (Å²) in [6.07, 6.45) is -0.611. The smallest absolute Gasteiger partial charge is 0.263 e. The van der Waals surface area contributed by atoms with Gasteiger partial charge in [-0.2, -0.15) is 4.98 Å². The zero-order valence-corrected chi connectivity index (χ0v) is 16.0. The molecule has 0 fully saturated rings. The molecular weight excluding hydrogens is 350 g/mol. The van der Waals surface area contributed by atoms with E-state index >= 15 is 0 Å². The number of carbonyl (C=O) groups excluding carboxylic acids is 1. The van der Waals surface area contributed by atoms with Gasteiger partial charge in [0.05, 0.1) is 11.4 Å². The monoisotopic (exact) mass is 371 g/mol. The third-order valence-electron chi connectivity index (χ3n) is 4.16. The maximum atomic E-state index is 12.6. The summed E-state index contributed by atoms with van der Waals surface area (Å²) in [7, 11) is 1.69. The van der Waals surface area contributed by atoms with Gasteiger partial charge in [-0.15, -0.1) is 11.3 Å². The minimum atomic E-state index is -0.611. The van der Waals surface area contributed by atoms with Crippen LogP contribution in [0.15, 0.2) is 40.2 Å². The highest BCUT2D eigenvalue weighted by molar-refractivity contribution is 7.13. The van der Waals surface area contributed by atoms with Crippen LogP contribution in [0.25, 0.3) is 10.7 Å². The fourth-order valence-electron chi connectivity index (χ4n) is 2.51.